The van der Waals surface area contributed by atoms with E-state index in [0.717, 1.165) is 23.2 Å². The Hall–Kier alpha value is 0. The molecule has 0 saturated heterocycles. The third-order valence-corrected chi connectivity index (χ3v) is 5.31. The fourth-order valence-corrected chi connectivity index (χ4v) is 4.40. The lowest BCUT2D eigenvalue weighted by Crippen LogP contribution is -2.38. The van der Waals surface area contributed by atoms with Crippen LogP contribution in [-0.2, 0) is 0 Å². The van der Waals surface area contributed by atoms with Gasteiger partial charge in [0, 0.05) is 0 Å². The second-order valence-corrected chi connectivity index (χ2v) is 5.63. The lowest BCUT2D eigenvalue weighted by molar-refractivity contribution is 0.0237. The van der Waals surface area contributed by atoms with Crippen LogP contribution in [0.4, 0.5) is 0 Å². The lowest BCUT2D eigenvalue weighted by atomic mass is 9.58. The Bertz CT molecular complexity index is 196. The van der Waals surface area contributed by atoms with Gasteiger partial charge in [0.15, 0.2) is 0 Å². The molecule has 0 heterocycles. The predicted molar refractivity (Wildman–Crippen MR) is 50.9 cm³/mol. The van der Waals surface area contributed by atoms with Crippen LogP contribution in [0.3, 0.4) is 0 Å². The Morgan fingerprint density at radius 1 is 1.08 bits per heavy atom. The van der Waals surface area contributed by atoms with Crippen molar-refractivity contribution in [2.24, 2.45) is 23.2 Å². The minimum absolute atomic E-state index is 0.824. The Morgan fingerprint density at radius 3 is 2.67 bits per heavy atom. The quantitative estimate of drug-likeness (QED) is 0.513. The maximum Gasteiger partial charge on any atom is -0.0266 e. The highest BCUT2D eigenvalue weighted by atomic mass is 14.6. The summed E-state index contributed by atoms with van der Waals surface area (Å²) in [5.74, 6) is 3.44. The van der Waals surface area contributed by atoms with Crippen LogP contribution >= 0.6 is 0 Å². The van der Waals surface area contributed by atoms with Crippen LogP contribution in [0, 0.1) is 23.2 Å². The fourth-order valence-electron chi connectivity index (χ4n) is 4.40. The highest BCUT2D eigenvalue weighted by Crippen LogP contribution is 2.65. The molecule has 3 fully saturated rings. The molecule has 0 aliphatic heterocycles. The van der Waals surface area contributed by atoms with Gasteiger partial charge in [-0.25, -0.2) is 0 Å². The van der Waals surface area contributed by atoms with Crippen molar-refractivity contribution in [1.82, 2.24) is 0 Å². The highest BCUT2D eigenvalue weighted by Gasteiger charge is 2.56. The van der Waals surface area contributed by atoms with Gasteiger partial charge >= 0.3 is 0 Å². The molecule has 3 saturated carbocycles. The van der Waals surface area contributed by atoms with Gasteiger partial charge in [-0.1, -0.05) is 26.2 Å². The van der Waals surface area contributed by atoms with Gasteiger partial charge in [0.25, 0.3) is 0 Å². The highest BCUT2D eigenvalue weighted by molar-refractivity contribution is 5.06. The standard InChI is InChI=1S/C12H20/c1-12-7-6-10(12)8-9-4-2-3-5-11(9)12/h9-11H,2-8H2,1H3/t9-,10+,11-,12+/m0/s1. The number of hydrogen-bond acceptors (Lipinski definition) is 0. The zero-order valence-corrected chi connectivity index (χ0v) is 8.18. The summed E-state index contributed by atoms with van der Waals surface area (Å²) < 4.78 is 0. The molecule has 0 aromatic heterocycles. The molecule has 0 radical (unpaired) electrons. The SMILES string of the molecule is C[C@@]12CC[C@@H]1C[C@@H]1CCCC[C@@H]12. The van der Waals surface area contributed by atoms with Crippen molar-refractivity contribution in [3.8, 4) is 0 Å². The van der Waals surface area contributed by atoms with Gasteiger partial charge < -0.3 is 0 Å². The van der Waals surface area contributed by atoms with Crippen molar-refractivity contribution in [2.45, 2.75) is 51.9 Å². The first kappa shape index (κ1) is 7.41. The van der Waals surface area contributed by atoms with Crippen molar-refractivity contribution in [1.29, 1.82) is 0 Å². The summed E-state index contributed by atoms with van der Waals surface area (Å²) in [6.07, 6.45) is 10.9. The van der Waals surface area contributed by atoms with Crippen molar-refractivity contribution >= 4 is 0 Å². The van der Waals surface area contributed by atoms with E-state index < -0.39 is 0 Å². The summed E-state index contributed by atoms with van der Waals surface area (Å²) in [7, 11) is 0. The Morgan fingerprint density at radius 2 is 1.92 bits per heavy atom. The van der Waals surface area contributed by atoms with Crippen LogP contribution in [0.2, 0.25) is 0 Å². The zero-order chi connectivity index (χ0) is 8.18. The van der Waals surface area contributed by atoms with Crippen LogP contribution in [0.5, 0.6) is 0 Å². The fraction of sp³-hybridized carbons (Fsp3) is 1.00. The van der Waals surface area contributed by atoms with Crippen molar-refractivity contribution < 1.29 is 0 Å². The summed E-state index contributed by atoms with van der Waals surface area (Å²) in [4.78, 5) is 0. The molecule has 0 spiro atoms. The molecule has 4 atom stereocenters. The molecule has 3 rings (SSSR count). The molecule has 0 heteroatoms. The van der Waals surface area contributed by atoms with Crippen LogP contribution < -0.4 is 0 Å². The summed E-state index contributed by atoms with van der Waals surface area (Å²) in [5.41, 5.74) is 0.824. The van der Waals surface area contributed by atoms with Crippen LogP contribution in [0.15, 0.2) is 0 Å². The van der Waals surface area contributed by atoms with E-state index in [4.69, 9.17) is 0 Å². The van der Waals surface area contributed by atoms with Gasteiger partial charge in [-0.2, -0.15) is 0 Å². The van der Waals surface area contributed by atoms with Crippen LogP contribution in [0.1, 0.15) is 51.9 Å². The first-order chi connectivity index (χ1) is 5.81. The second kappa shape index (κ2) is 2.27. The van der Waals surface area contributed by atoms with E-state index in [-0.39, 0.29) is 0 Å². The molecule has 0 nitrogen and oxygen atoms in total. The molecular formula is C12H20. The first-order valence-electron chi connectivity index (χ1n) is 5.81. The van der Waals surface area contributed by atoms with E-state index in [9.17, 15) is 0 Å². The van der Waals surface area contributed by atoms with E-state index >= 15 is 0 Å². The predicted octanol–water partition coefficient (Wildman–Crippen LogP) is 3.61. The molecule has 0 aromatic rings. The summed E-state index contributed by atoms with van der Waals surface area (Å²) in [6.45, 7) is 2.58. The maximum absolute atomic E-state index is 2.58. The van der Waals surface area contributed by atoms with Gasteiger partial charge in [0.2, 0.25) is 0 Å². The lowest BCUT2D eigenvalue weighted by Gasteiger charge is -2.47. The third kappa shape index (κ3) is 0.744. The van der Waals surface area contributed by atoms with E-state index in [2.05, 4.69) is 6.92 Å². The Balaban J connectivity index is 1.87. The van der Waals surface area contributed by atoms with Gasteiger partial charge in [-0.05, 0) is 48.9 Å². The molecule has 12 heavy (non-hydrogen) atoms. The number of fused-ring (bicyclic) bond motifs is 3. The number of rotatable bonds is 0. The van der Waals surface area contributed by atoms with Crippen LogP contribution in [-0.4, -0.2) is 0 Å². The summed E-state index contributed by atoms with van der Waals surface area (Å²) in [6, 6.07) is 0. The molecule has 0 unspecified atom stereocenters. The summed E-state index contributed by atoms with van der Waals surface area (Å²) >= 11 is 0. The molecule has 3 aliphatic carbocycles. The van der Waals surface area contributed by atoms with Crippen molar-refractivity contribution in [3.05, 3.63) is 0 Å². The molecule has 0 amide bonds. The minimum Gasteiger partial charge on any atom is -0.0591 e. The van der Waals surface area contributed by atoms with E-state index in [0.29, 0.717) is 0 Å². The molecular weight excluding hydrogens is 144 g/mol. The van der Waals surface area contributed by atoms with Gasteiger partial charge in [0.05, 0.1) is 0 Å². The number of hydrogen-bond donors (Lipinski definition) is 0. The second-order valence-electron chi connectivity index (χ2n) is 5.63. The average Bonchev–Trinajstić information content (AvgIpc) is 2.28. The van der Waals surface area contributed by atoms with Gasteiger partial charge in [-0.15, -0.1) is 0 Å². The normalized spacial score (nSPS) is 57.2. The molecule has 3 aliphatic rings. The average molecular weight is 164 g/mol. The first-order valence-corrected chi connectivity index (χ1v) is 5.81. The smallest absolute Gasteiger partial charge is 0.0266 e. The maximum atomic E-state index is 2.58. The van der Waals surface area contributed by atoms with Crippen molar-refractivity contribution in [2.75, 3.05) is 0 Å². The van der Waals surface area contributed by atoms with E-state index in [1.165, 1.54) is 12.8 Å². The van der Waals surface area contributed by atoms with E-state index in [1.54, 1.807) is 32.1 Å². The summed E-state index contributed by atoms with van der Waals surface area (Å²) in [5, 5.41) is 0. The van der Waals surface area contributed by atoms with Gasteiger partial charge in [-0.3, -0.25) is 0 Å². The monoisotopic (exact) mass is 164 g/mol. The molecule has 68 valence electrons. The Kier molecular flexibility index (Phi) is 1.40. The van der Waals surface area contributed by atoms with Crippen molar-refractivity contribution in [3.63, 3.8) is 0 Å². The Labute approximate surface area is 75.7 Å². The topological polar surface area (TPSA) is 0 Å². The molecule has 0 aromatic carbocycles. The minimum atomic E-state index is 0.824. The van der Waals surface area contributed by atoms with Gasteiger partial charge in [0.1, 0.15) is 0 Å². The van der Waals surface area contributed by atoms with E-state index in [1.807, 2.05) is 0 Å². The van der Waals surface area contributed by atoms with Crippen LogP contribution in [0.25, 0.3) is 0 Å². The zero-order valence-electron chi connectivity index (χ0n) is 8.18. The largest absolute Gasteiger partial charge is 0.0591 e. The molecule has 0 bridgehead atoms. The third-order valence-electron chi connectivity index (χ3n) is 5.31. The molecule has 0 N–H and O–H groups in total.